The zero-order chi connectivity index (χ0) is 8.20. The Labute approximate surface area is 80.7 Å². The Bertz CT molecular complexity index is 138. The predicted molar refractivity (Wildman–Crippen MR) is 48.1 cm³/mol. The summed E-state index contributed by atoms with van der Waals surface area (Å²) < 4.78 is 14.7. The molecule has 0 aromatic carbocycles. The van der Waals surface area contributed by atoms with Crippen molar-refractivity contribution in [3.8, 4) is 0 Å². The smallest absolute Gasteiger partial charge is 0.313 e. The van der Waals surface area contributed by atoms with Gasteiger partial charge >= 0.3 is 6.95 Å². The van der Waals surface area contributed by atoms with E-state index in [4.69, 9.17) is 16.1 Å². The monoisotopic (exact) mass is 314 g/mol. The number of halogens is 3. The first-order valence-corrected chi connectivity index (χ1v) is 6.84. The summed E-state index contributed by atoms with van der Waals surface area (Å²) in [6, 6.07) is 0. The second-order valence-electron chi connectivity index (χ2n) is 1.50. The lowest BCUT2D eigenvalue weighted by Gasteiger charge is -2.06. The molecule has 62 valence electrons. The molecule has 3 nitrogen and oxygen atoms in total. The quantitative estimate of drug-likeness (QED) is 0.640. The maximum Gasteiger partial charge on any atom is 0.421 e. The molecule has 0 spiro atoms. The highest BCUT2D eigenvalue weighted by atomic mass is 79.9. The van der Waals surface area contributed by atoms with Crippen molar-refractivity contribution in [3.63, 3.8) is 0 Å². The molecule has 0 aromatic heterocycles. The molecular formula is C3H6Br2ClO3P. The Morgan fingerprint density at radius 3 is 2.60 bits per heavy atom. The van der Waals surface area contributed by atoms with Crippen LogP contribution in [0.4, 0.5) is 0 Å². The lowest BCUT2D eigenvalue weighted by atomic mass is 10.5. The van der Waals surface area contributed by atoms with Gasteiger partial charge in [0.25, 0.3) is 0 Å². The topological polar surface area (TPSA) is 46.5 Å². The van der Waals surface area contributed by atoms with Crippen LogP contribution < -0.4 is 0 Å². The molecule has 10 heavy (non-hydrogen) atoms. The van der Waals surface area contributed by atoms with Crippen LogP contribution in [0.3, 0.4) is 0 Å². The first-order chi connectivity index (χ1) is 4.45. The van der Waals surface area contributed by atoms with Gasteiger partial charge in [-0.15, -0.1) is 0 Å². The number of hydrogen-bond donors (Lipinski definition) is 1. The first kappa shape index (κ1) is 11.4. The van der Waals surface area contributed by atoms with Crippen LogP contribution in [0.15, 0.2) is 0 Å². The molecule has 1 N–H and O–H groups in total. The van der Waals surface area contributed by atoms with Crippen LogP contribution in [0, 0.1) is 0 Å². The zero-order valence-electron chi connectivity index (χ0n) is 4.84. The normalized spacial score (nSPS) is 20.0. The van der Waals surface area contributed by atoms with Crippen LogP contribution in [0.2, 0.25) is 0 Å². The summed E-state index contributed by atoms with van der Waals surface area (Å²) in [6.07, 6.45) is 0. The van der Waals surface area contributed by atoms with Crippen molar-refractivity contribution in [3.05, 3.63) is 0 Å². The summed E-state index contributed by atoms with van der Waals surface area (Å²) >= 11 is 11.2. The van der Waals surface area contributed by atoms with Crippen molar-refractivity contribution in [2.75, 3.05) is 11.9 Å². The summed E-state index contributed by atoms with van der Waals surface area (Å²) in [5, 5.41) is 0.643. The van der Waals surface area contributed by atoms with E-state index in [0.29, 0.717) is 5.33 Å². The highest BCUT2D eigenvalue weighted by Gasteiger charge is 2.15. The summed E-state index contributed by atoms with van der Waals surface area (Å²) in [4.78, 5) is 8.43. The fourth-order valence-corrected chi connectivity index (χ4v) is 1.27. The zero-order valence-corrected chi connectivity index (χ0v) is 9.66. The van der Waals surface area contributed by atoms with Crippen molar-refractivity contribution < 1.29 is 14.0 Å². The minimum Gasteiger partial charge on any atom is -0.313 e. The Morgan fingerprint density at radius 1 is 1.80 bits per heavy atom. The fraction of sp³-hybridized carbons (Fsp3) is 1.00. The second-order valence-corrected chi connectivity index (χ2v) is 5.88. The highest BCUT2D eigenvalue weighted by molar-refractivity contribution is 9.12. The third-order valence-corrected chi connectivity index (χ3v) is 3.58. The van der Waals surface area contributed by atoms with Gasteiger partial charge in [-0.1, -0.05) is 31.9 Å². The molecule has 7 heteroatoms. The van der Waals surface area contributed by atoms with Crippen LogP contribution in [-0.4, -0.2) is 21.7 Å². The Balaban J connectivity index is 3.46. The van der Waals surface area contributed by atoms with E-state index >= 15 is 0 Å². The minimum atomic E-state index is -3.81. The first-order valence-electron chi connectivity index (χ1n) is 2.32. The molecule has 0 aromatic rings. The maximum absolute atomic E-state index is 10.3. The standard InChI is InChI=1S/C3H6Br2ClO3P/c4-1-3(5)2-9-10(6,7)8/h3H,1-2H2,(H,7,8). The molecule has 0 rings (SSSR count). The fourth-order valence-electron chi connectivity index (χ4n) is 0.217. The molecule has 0 bridgehead atoms. The Morgan fingerprint density at radius 2 is 2.30 bits per heavy atom. The summed E-state index contributed by atoms with van der Waals surface area (Å²) in [7, 11) is 0. The van der Waals surface area contributed by atoms with Gasteiger partial charge in [0.05, 0.1) is 6.61 Å². The van der Waals surface area contributed by atoms with E-state index in [1.807, 2.05) is 0 Å². The molecule has 0 aliphatic carbocycles. The lowest BCUT2D eigenvalue weighted by Crippen LogP contribution is -2.07. The second kappa shape index (κ2) is 5.12. The van der Waals surface area contributed by atoms with Crippen LogP contribution in [0.5, 0.6) is 0 Å². The van der Waals surface area contributed by atoms with Gasteiger partial charge in [-0.25, -0.2) is 4.57 Å². The molecule has 0 heterocycles. The summed E-state index contributed by atoms with van der Waals surface area (Å²) in [6.45, 7) is -3.70. The van der Waals surface area contributed by atoms with E-state index in [-0.39, 0.29) is 11.4 Å². The van der Waals surface area contributed by atoms with Gasteiger partial charge in [0.2, 0.25) is 0 Å². The average molecular weight is 316 g/mol. The van der Waals surface area contributed by atoms with E-state index in [1.54, 1.807) is 0 Å². The predicted octanol–water partition coefficient (Wildman–Crippen LogP) is 2.50. The molecule has 2 atom stereocenters. The maximum atomic E-state index is 10.3. The number of rotatable bonds is 4. The molecule has 2 unspecified atom stereocenters. The molecule has 0 radical (unpaired) electrons. The Hall–Kier alpha value is 1.40. The third kappa shape index (κ3) is 7.51. The van der Waals surface area contributed by atoms with Crippen molar-refractivity contribution in [2.45, 2.75) is 4.83 Å². The molecule has 0 aliphatic heterocycles. The molecule has 0 aliphatic rings. The van der Waals surface area contributed by atoms with E-state index in [9.17, 15) is 4.57 Å². The molecule has 0 saturated heterocycles. The van der Waals surface area contributed by atoms with Crippen LogP contribution in [-0.2, 0) is 9.09 Å². The van der Waals surface area contributed by atoms with Gasteiger partial charge in [-0.05, 0) is 0 Å². The van der Waals surface area contributed by atoms with Gasteiger partial charge < -0.3 is 4.89 Å². The van der Waals surface area contributed by atoms with Gasteiger partial charge in [0, 0.05) is 21.4 Å². The molecule has 0 fully saturated rings. The van der Waals surface area contributed by atoms with Crippen LogP contribution in [0.25, 0.3) is 0 Å². The van der Waals surface area contributed by atoms with Crippen LogP contribution >= 0.6 is 50.0 Å². The third-order valence-electron chi connectivity index (χ3n) is 0.582. The largest absolute Gasteiger partial charge is 0.421 e. The van der Waals surface area contributed by atoms with Gasteiger partial charge in [-0.3, -0.25) is 4.52 Å². The average Bonchev–Trinajstić information content (AvgIpc) is 1.81. The van der Waals surface area contributed by atoms with Crippen molar-refractivity contribution in [1.29, 1.82) is 0 Å². The van der Waals surface area contributed by atoms with Gasteiger partial charge in [0.1, 0.15) is 0 Å². The number of alkyl halides is 2. The van der Waals surface area contributed by atoms with E-state index in [2.05, 4.69) is 36.4 Å². The SMILES string of the molecule is O=P(O)(Cl)OCC(Br)CBr. The van der Waals surface area contributed by atoms with Crippen LogP contribution in [0.1, 0.15) is 0 Å². The van der Waals surface area contributed by atoms with Crippen molar-refractivity contribution in [1.82, 2.24) is 0 Å². The highest BCUT2D eigenvalue weighted by Crippen LogP contribution is 2.47. The molecule has 0 amide bonds. The summed E-state index contributed by atoms with van der Waals surface area (Å²) in [5.74, 6) is 0. The van der Waals surface area contributed by atoms with E-state index < -0.39 is 6.95 Å². The number of hydrogen-bond acceptors (Lipinski definition) is 2. The lowest BCUT2D eigenvalue weighted by molar-refractivity contribution is 0.280. The summed E-state index contributed by atoms with van der Waals surface area (Å²) in [5.41, 5.74) is 0. The Kier molecular flexibility index (Phi) is 5.83. The van der Waals surface area contributed by atoms with Crippen molar-refractivity contribution >= 4 is 50.0 Å². The van der Waals surface area contributed by atoms with E-state index in [0.717, 1.165) is 0 Å². The van der Waals surface area contributed by atoms with Crippen molar-refractivity contribution in [2.24, 2.45) is 0 Å². The molecule has 0 saturated carbocycles. The van der Waals surface area contributed by atoms with E-state index in [1.165, 1.54) is 0 Å². The molecular weight excluding hydrogens is 310 g/mol. The minimum absolute atomic E-state index is 0.00623. The van der Waals surface area contributed by atoms with Gasteiger partial charge in [-0.2, -0.15) is 0 Å². The van der Waals surface area contributed by atoms with Gasteiger partial charge in [0.15, 0.2) is 0 Å².